The van der Waals surface area contributed by atoms with E-state index in [2.05, 4.69) is 12.2 Å². The molecule has 9 heteroatoms. The highest BCUT2D eigenvalue weighted by Crippen LogP contribution is 2.33. The lowest BCUT2D eigenvalue weighted by Crippen LogP contribution is -2.30. The van der Waals surface area contributed by atoms with Gasteiger partial charge in [-0.05, 0) is 60.0 Å². The molecule has 1 N–H and O–H groups in total. The van der Waals surface area contributed by atoms with Gasteiger partial charge in [-0.2, -0.15) is 0 Å². The number of rotatable bonds is 11. The van der Waals surface area contributed by atoms with Crippen molar-refractivity contribution in [2.75, 3.05) is 30.8 Å². The first kappa shape index (κ1) is 26.4. The number of methoxy groups -OCH3 is 1. The van der Waals surface area contributed by atoms with E-state index in [1.165, 1.54) is 17.0 Å². The summed E-state index contributed by atoms with van der Waals surface area (Å²) in [6, 6.07) is 19.4. The maximum absolute atomic E-state index is 12.5. The number of sulfonamides is 1. The number of hydrogen-bond donors (Lipinski definition) is 1. The smallest absolute Gasteiger partial charge is 0.251 e. The average Bonchev–Trinajstić information content (AvgIpc) is 2.85. The Balaban J connectivity index is 1.60. The fraction of sp³-hybridized carbons (Fsp3) is 0.269. The Morgan fingerprint density at radius 3 is 2.26 bits per heavy atom. The van der Waals surface area contributed by atoms with Crippen LogP contribution in [0.1, 0.15) is 28.4 Å². The number of anilines is 1. The summed E-state index contributed by atoms with van der Waals surface area (Å²) in [5, 5.41) is 3.21. The molecule has 7 nitrogen and oxygen atoms in total. The van der Waals surface area contributed by atoms with Crippen LogP contribution in [0.25, 0.3) is 0 Å². The van der Waals surface area contributed by atoms with Crippen molar-refractivity contribution in [2.45, 2.75) is 19.9 Å². The van der Waals surface area contributed by atoms with Crippen LogP contribution >= 0.6 is 11.6 Å². The van der Waals surface area contributed by atoms with E-state index in [9.17, 15) is 13.2 Å². The monoisotopic (exact) mass is 516 g/mol. The first-order valence-electron chi connectivity index (χ1n) is 11.1. The maximum Gasteiger partial charge on any atom is 0.251 e. The third kappa shape index (κ3) is 7.37. The van der Waals surface area contributed by atoms with Crippen molar-refractivity contribution in [2.24, 2.45) is 0 Å². The van der Waals surface area contributed by atoms with Crippen LogP contribution in [0.15, 0.2) is 66.7 Å². The number of hydrogen-bond acceptors (Lipinski definition) is 5. The van der Waals surface area contributed by atoms with Crippen molar-refractivity contribution in [1.29, 1.82) is 0 Å². The average molecular weight is 517 g/mol. The summed E-state index contributed by atoms with van der Waals surface area (Å²) < 4.78 is 37.2. The van der Waals surface area contributed by atoms with Gasteiger partial charge in [0.25, 0.3) is 5.91 Å². The van der Waals surface area contributed by atoms with Crippen LogP contribution in [-0.4, -0.2) is 40.8 Å². The second kappa shape index (κ2) is 12.0. The molecule has 35 heavy (non-hydrogen) atoms. The van der Waals surface area contributed by atoms with Crippen molar-refractivity contribution >= 4 is 33.2 Å². The molecule has 0 fully saturated rings. The molecule has 186 valence electrons. The molecular weight excluding hydrogens is 488 g/mol. The number of nitrogens with zero attached hydrogens (tertiary/aromatic N) is 1. The van der Waals surface area contributed by atoms with E-state index in [1.54, 1.807) is 42.5 Å². The molecule has 3 aromatic carbocycles. The zero-order chi connectivity index (χ0) is 25.4. The molecule has 0 atom stereocenters. The van der Waals surface area contributed by atoms with E-state index < -0.39 is 10.0 Å². The Labute approximate surface area is 211 Å². The minimum Gasteiger partial charge on any atom is -0.495 e. The fourth-order valence-corrected chi connectivity index (χ4v) is 4.47. The first-order chi connectivity index (χ1) is 16.7. The van der Waals surface area contributed by atoms with Gasteiger partial charge < -0.3 is 14.8 Å². The predicted molar refractivity (Wildman–Crippen MR) is 139 cm³/mol. The van der Waals surface area contributed by atoms with E-state index in [0.29, 0.717) is 40.7 Å². The van der Waals surface area contributed by atoms with Gasteiger partial charge in [0.2, 0.25) is 10.0 Å². The topological polar surface area (TPSA) is 84.9 Å². The first-order valence-corrected chi connectivity index (χ1v) is 13.3. The number of carbonyl (C=O) groups is 1. The number of aryl methyl sites for hydroxylation is 1. The van der Waals surface area contributed by atoms with E-state index in [0.717, 1.165) is 18.4 Å². The van der Waals surface area contributed by atoms with Crippen LogP contribution in [0.2, 0.25) is 5.02 Å². The maximum atomic E-state index is 12.5. The number of carbonyl (C=O) groups excluding carboxylic acids is 1. The molecule has 0 aromatic heterocycles. The van der Waals surface area contributed by atoms with E-state index in [-0.39, 0.29) is 12.5 Å². The van der Waals surface area contributed by atoms with Gasteiger partial charge in [-0.1, -0.05) is 42.8 Å². The Bertz CT molecular complexity index is 1250. The summed E-state index contributed by atoms with van der Waals surface area (Å²) in [4.78, 5) is 12.5. The molecule has 0 aliphatic heterocycles. The fourth-order valence-electron chi connectivity index (χ4n) is 3.42. The summed E-state index contributed by atoms with van der Waals surface area (Å²) >= 11 is 6.10. The molecule has 0 unspecified atom stereocenters. The summed E-state index contributed by atoms with van der Waals surface area (Å²) in [7, 11) is -2.17. The van der Waals surface area contributed by atoms with Gasteiger partial charge in [0.15, 0.2) is 0 Å². The van der Waals surface area contributed by atoms with Crippen LogP contribution < -0.4 is 19.1 Å². The van der Waals surface area contributed by atoms with Gasteiger partial charge >= 0.3 is 0 Å². The third-order valence-electron chi connectivity index (χ3n) is 5.34. The number of benzene rings is 3. The second-order valence-corrected chi connectivity index (χ2v) is 10.2. The van der Waals surface area contributed by atoms with E-state index in [1.807, 2.05) is 24.3 Å². The molecular formula is C26H29ClN2O5S. The standard InChI is InChI=1S/C26H29ClN2O5S/c1-4-19-7-12-23(13-8-19)34-16-15-28-26(30)21-9-5-20(6-10-21)18-29(35(3,31)32)24-17-22(27)11-14-25(24)33-2/h5-14,17H,4,15-16,18H2,1-3H3,(H,28,30). The molecule has 0 saturated heterocycles. The number of amides is 1. The lowest BCUT2D eigenvalue weighted by atomic mass is 10.1. The molecule has 0 radical (unpaired) electrons. The molecule has 0 spiro atoms. The zero-order valence-corrected chi connectivity index (χ0v) is 21.5. The highest BCUT2D eigenvalue weighted by molar-refractivity contribution is 7.92. The molecule has 1 amide bonds. The molecule has 3 aromatic rings. The summed E-state index contributed by atoms with van der Waals surface area (Å²) in [6.45, 7) is 2.85. The predicted octanol–water partition coefficient (Wildman–Crippen LogP) is 4.69. The minimum absolute atomic E-state index is 0.0576. The van der Waals surface area contributed by atoms with Crippen LogP contribution in [0.4, 0.5) is 5.69 Å². The summed E-state index contributed by atoms with van der Waals surface area (Å²) in [5.74, 6) is 0.907. The van der Waals surface area contributed by atoms with Crippen LogP contribution in [0, 0.1) is 0 Å². The Hall–Kier alpha value is -3.23. The lowest BCUT2D eigenvalue weighted by Gasteiger charge is -2.24. The second-order valence-electron chi connectivity index (χ2n) is 7.88. The molecule has 3 rings (SSSR count). The molecule has 0 saturated carbocycles. The Morgan fingerprint density at radius 2 is 1.66 bits per heavy atom. The highest BCUT2D eigenvalue weighted by atomic mass is 35.5. The van der Waals surface area contributed by atoms with Crippen molar-refractivity contribution in [3.8, 4) is 11.5 Å². The Morgan fingerprint density at radius 1 is 1.00 bits per heavy atom. The minimum atomic E-state index is -3.63. The molecule has 0 heterocycles. The van der Waals surface area contributed by atoms with Gasteiger partial charge in [-0.15, -0.1) is 0 Å². The van der Waals surface area contributed by atoms with Gasteiger partial charge in [0.1, 0.15) is 18.1 Å². The summed E-state index contributed by atoms with van der Waals surface area (Å²) in [6.07, 6.45) is 2.09. The van der Waals surface area contributed by atoms with Crippen molar-refractivity contribution in [3.05, 3.63) is 88.4 Å². The van der Waals surface area contributed by atoms with E-state index >= 15 is 0 Å². The van der Waals surface area contributed by atoms with Crippen LogP contribution in [-0.2, 0) is 23.0 Å². The Kier molecular flexibility index (Phi) is 9.01. The van der Waals surface area contributed by atoms with Gasteiger partial charge in [-0.3, -0.25) is 9.10 Å². The number of halogens is 1. The largest absolute Gasteiger partial charge is 0.495 e. The number of ether oxygens (including phenoxy) is 2. The molecule has 0 aliphatic carbocycles. The van der Waals surface area contributed by atoms with Crippen molar-refractivity contribution in [3.63, 3.8) is 0 Å². The van der Waals surface area contributed by atoms with Crippen molar-refractivity contribution in [1.82, 2.24) is 5.32 Å². The zero-order valence-electron chi connectivity index (χ0n) is 20.0. The van der Waals surface area contributed by atoms with Crippen LogP contribution in [0.3, 0.4) is 0 Å². The third-order valence-corrected chi connectivity index (χ3v) is 6.70. The summed E-state index contributed by atoms with van der Waals surface area (Å²) in [5.41, 5.74) is 2.74. The highest BCUT2D eigenvalue weighted by Gasteiger charge is 2.22. The lowest BCUT2D eigenvalue weighted by molar-refractivity contribution is 0.0947. The quantitative estimate of drug-likeness (QED) is 0.374. The SMILES string of the molecule is CCc1ccc(OCCNC(=O)c2ccc(CN(c3cc(Cl)ccc3OC)S(C)(=O)=O)cc2)cc1. The van der Waals surface area contributed by atoms with Gasteiger partial charge in [0.05, 0.1) is 32.1 Å². The molecule has 0 bridgehead atoms. The molecule has 0 aliphatic rings. The van der Waals surface area contributed by atoms with Crippen LogP contribution in [0.5, 0.6) is 11.5 Å². The number of nitrogens with one attached hydrogen (secondary N) is 1. The normalized spacial score (nSPS) is 11.1. The van der Waals surface area contributed by atoms with Crippen molar-refractivity contribution < 1.29 is 22.7 Å². The van der Waals surface area contributed by atoms with E-state index in [4.69, 9.17) is 21.1 Å². The van der Waals surface area contributed by atoms with Gasteiger partial charge in [0, 0.05) is 10.6 Å². The van der Waals surface area contributed by atoms with Gasteiger partial charge in [-0.25, -0.2) is 8.42 Å².